The van der Waals surface area contributed by atoms with E-state index in [-0.39, 0.29) is 12.1 Å². The minimum Gasteiger partial charge on any atom is -0.493 e. The SMILES string of the molecule is COc1cccc(/C=C/C(C)Nc2ccccc2NCc2ccc(C#N)cc2)c1OC1CCCC1. The number of ether oxygens (including phenoxy) is 2. The van der Waals surface area contributed by atoms with Crippen molar-refractivity contribution in [2.24, 2.45) is 0 Å². The van der Waals surface area contributed by atoms with Gasteiger partial charge in [0.25, 0.3) is 0 Å². The zero-order valence-electron chi connectivity index (χ0n) is 20.5. The molecule has 0 aliphatic heterocycles. The molecule has 0 aromatic heterocycles. The van der Waals surface area contributed by atoms with Gasteiger partial charge in [0.05, 0.1) is 36.2 Å². The Labute approximate surface area is 208 Å². The third-order valence-corrected chi connectivity index (χ3v) is 6.26. The highest BCUT2D eigenvalue weighted by molar-refractivity contribution is 5.70. The maximum Gasteiger partial charge on any atom is 0.168 e. The first-order valence-electron chi connectivity index (χ1n) is 12.3. The number of hydrogen-bond acceptors (Lipinski definition) is 5. The molecule has 3 aromatic carbocycles. The van der Waals surface area contributed by atoms with Gasteiger partial charge >= 0.3 is 0 Å². The number of methoxy groups -OCH3 is 1. The van der Waals surface area contributed by atoms with Crippen molar-refractivity contribution >= 4 is 17.5 Å². The van der Waals surface area contributed by atoms with E-state index >= 15 is 0 Å². The van der Waals surface area contributed by atoms with Gasteiger partial charge in [-0.25, -0.2) is 0 Å². The molecule has 3 aromatic rings. The summed E-state index contributed by atoms with van der Waals surface area (Å²) in [7, 11) is 1.69. The third kappa shape index (κ3) is 6.58. The zero-order valence-corrected chi connectivity index (χ0v) is 20.5. The van der Waals surface area contributed by atoms with E-state index < -0.39 is 0 Å². The molecular weight excluding hydrogens is 434 g/mol. The van der Waals surface area contributed by atoms with Gasteiger partial charge in [-0.05, 0) is 68.5 Å². The number of rotatable bonds is 10. The van der Waals surface area contributed by atoms with Gasteiger partial charge in [0.15, 0.2) is 11.5 Å². The second-order valence-electron chi connectivity index (χ2n) is 8.90. The lowest BCUT2D eigenvalue weighted by molar-refractivity contribution is 0.200. The Hall–Kier alpha value is -3.91. The second kappa shape index (κ2) is 12.0. The monoisotopic (exact) mass is 467 g/mol. The summed E-state index contributed by atoms with van der Waals surface area (Å²) in [5.74, 6) is 1.60. The van der Waals surface area contributed by atoms with Crippen LogP contribution in [-0.2, 0) is 6.54 Å². The van der Waals surface area contributed by atoms with E-state index in [0.29, 0.717) is 12.1 Å². The van der Waals surface area contributed by atoms with Crippen LogP contribution in [0.4, 0.5) is 11.4 Å². The highest BCUT2D eigenvalue weighted by Gasteiger charge is 2.20. The molecule has 35 heavy (non-hydrogen) atoms. The lowest BCUT2D eigenvalue weighted by Gasteiger charge is -2.19. The van der Waals surface area contributed by atoms with Crippen molar-refractivity contribution in [3.8, 4) is 17.6 Å². The third-order valence-electron chi connectivity index (χ3n) is 6.26. The molecule has 0 spiro atoms. The molecule has 1 fully saturated rings. The van der Waals surface area contributed by atoms with Crippen LogP contribution < -0.4 is 20.1 Å². The normalized spacial score (nSPS) is 14.4. The smallest absolute Gasteiger partial charge is 0.168 e. The Bertz CT molecular complexity index is 1170. The van der Waals surface area contributed by atoms with Gasteiger partial charge in [0.1, 0.15) is 0 Å². The number of nitrogens with one attached hydrogen (secondary N) is 2. The molecule has 5 heteroatoms. The maximum absolute atomic E-state index is 8.99. The Kier molecular flexibility index (Phi) is 8.30. The summed E-state index contributed by atoms with van der Waals surface area (Å²) in [6.07, 6.45) is 9.18. The molecule has 1 atom stereocenters. The molecule has 0 amide bonds. The van der Waals surface area contributed by atoms with Gasteiger partial charge < -0.3 is 20.1 Å². The number of anilines is 2. The van der Waals surface area contributed by atoms with E-state index in [1.54, 1.807) is 7.11 Å². The van der Waals surface area contributed by atoms with E-state index in [1.807, 2.05) is 48.5 Å². The molecule has 0 bridgehead atoms. The molecule has 1 aliphatic carbocycles. The predicted octanol–water partition coefficient (Wildman–Crippen LogP) is 7.01. The fourth-order valence-electron chi connectivity index (χ4n) is 4.32. The summed E-state index contributed by atoms with van der Waals surface area (Å²) in [5.41, 5.74) is 4.89. The van der Waals surface area contributed by atoms with Crippen LogP contribution in [0.5, 0.6) is 11.5 Å². The van der Waals surface area contributed by atoms with Crippen LogP contribution in [0.3, 0.4) is 0 Å². The summed E-state index contributed by atoms with van der Waals surface area (Å²) in [4.78, 5) is 0. The molecule has 5 nitrogen and oxygen atoms in total. The summed E-state index contributed by atoms with van der Waals surface area (Å²) < 4.78 is 12.0. The molecule has 2 N–H and O–H groups in total. The second-order valence-corrected chi connectivity index (χ2v) is 8.90. The zero-order chi connectivity index (χ0) is 24.5. The molecule has 4 rings (SSSR count). The van der Waals surface area contributed by atoms with Crippen molar-refractivity contribution in [2.45, 2.75) is 51.3 Å². The minimum atomic E-state index is 0.0957. The predicted molar refractivity (Wildman–Crippen MR) is 143 cm³/mol. The van der Waals surface area contributed by atoms with Gasteiger partial charge in [0.2, 0.25) is 0 Å². The van der Waals surface area contributed by atoms with E-state index in [1.165, 1.54) is 12.8 Å². The lowest BCUT2D eigenvalue weighted by atomic mass is 10.1. The number of nitriles is 1. The van der Waals surface area contributed by atoms with Crippen LogP contribution in [0.2, 0.25) is 0 Å². The highest BCUT2D eigenvalue weighted by atomic mass is 16.5. The Morgan fingerprint density at radius 3 is 2.46 bits per heavy atom. The quantitative estimate of drug-likeness (QED) is 0.336. The van der Waals surface area contributed by atoms with Crippen molar-refractivity contribution in [2.75, 3.05) is 17.7 Å². The van der Waals surface area contributed by atoms with Crippen molar-refractivity contribution < 1.29 is 9.47 Å². The average Bonchev–Trinajstić information content (AvgIpc) is 3.41. The van der Waals surface area contributed by atoms with Gasteiger partial charge in [-0.15, -0.1) is 0 Å². The van der Waals surface area contributed by atoms with Crippen molar-refractivity contribution in [1.82, 2.24) is 0 Å². The standard InChI is InChI=1S/C30H33N3O2/c1-22(14-19-25-8-7-13-29(34-2)30(25)35-26-9-3-4-10-26)33-28-12-6-5-11-27(28)32-21-24-17-15-23(20-31)16-18-24/h5-8,11-19,22,26,32-33H,3-4,9-10,21H2,1-2H3/b19-14+. The van der Waals surface area contributed by atoms with Gasteiger partial charge in [-0.3, -0.25) is 0 Å². The van der Waals surface area contributed by atoms with E-state index in [4.69, 9.17) is 14.7 Å². The summed E-state index contributed by atoms with van der Waals surface area (Å²) in [5, 5.41) is 16.1. The Balaban J connectivity index is 1.43. The first-order chi connectivity index (χ1) is 17.2. The molecule has 0 saturated heterocycles. The minimum absolute atomic E-state index is 0.0957. The average molecular weight is 468 g/mol. The summed E-state index contributed by atoms with van der Waals surface area (Å²) in [6.45, 7) is 2.81. The molecule has 0 radical (unpaired) electrons. The number of para-hydroxylation sites is 3. The number of hydrogen-bond donors (Lipinski definition) is 2. The van der Waals surface area contributed by atoms with E-state index in [0.717, 1.165) is 46.8 Å². The topological polar surface area (TPSA) is 66.3 Å². The maximum atomic E-state index is 8.99. The van der Waals surface area contributed by atoms with Gasteiger partial charge in [0, 0.05) is 18.2 Å². The molecule has 1 aliphatic rings. The van der Waals surface area contributed by atoms with Crippen LogP contribution >= 0.6 is 0 Å². The van der Waals surface area contributed by atoms with Crippen LogP contribution in [0.15, 0.2) is 72.8 Å². The van der Waals surface area contributed by atoms with Crippen molar-refractivity contribution in [3.63, 3.8) is 0 Å². The van der Waals surface area contributed by atoms with E-state index in [2.05, 4.69) is 54.0 Å². The largest absolute Gasteiger partial charge is 0.493 e. The fraction of sp³-hybridized carbons (Fsp3) is 0.300. The van der Waals surface area contributed by atoms with Crippen molar-refractivity contribution in [1.29, 1.82) is 5.26 Å². The molecule has 0 heterocycles. The lowest BCUT2D eigenvalue weighted by Crippen LogP contribution is -2.14. The van der Waals surface area contributed by atoms with Crippen molar-refractivity contribution in [3.05, 3.63) is 89.5 Å². The summed E-state index contributed by atoms with van der Waals surface area (Å²) >= 11 is 0. The first-order valence-corrected chi connectivity index (χ1v) is 12.3. The Morgan fingerprint density at radius 1 is 1.00 bits per heavy atom. The van der Waals surface area contributed by atoms with Gasteiger partial charge in [-0.2, -0.15) is 5.26 Å². The molecular formula is C30H33N3O2. The fourth-order valence-corrected chi connectivity index (χ4v) is 4.32. The molecule has 1 unspecified atom stereocenters. The number of nitrogens with zero attached hydrogens (tertiary/aromatic N) is 1. The Morgan fingerprint density at radius 2 is 1.74 bits per heavy atom. The van der Waals surface area contributed by atoms with Crippen LogP contribution in [0.1, 0.15) is 49.3 Å². The first kappa shape index (κ1) is 24.2. The van der Waals surface area contributed by atoms with Crippen LogP contribution in [0, 0.1) is 11.3 Å². The summed E-state index contributed by atoms with van der Waals surface area (Å²) in [6, 6.07) is 24.1. The molecule has 1 saturated carbocycles. The van der Waals surface area contributed by atoms with E-state index in [9.17, 15) is 0 Å². The molecule has 180 valence electrons. The highest BCUT2D eigenvalue weighted by Crippen LogP contribution is 2.35. The number of benzene rings is 3. The van der Waals surface area contributed by atoms with Crippen LogP contribution in [0.25, 0.3) is 6.08 Å². The van der Waals surface area contributed by atoms with Crippen LogP contribution in [-0.4, -0.2) is 19.3 Å². The van der Waals surface area contributed by atoms with Gasteiger partial charge in [-0.1, -0.05) is 48.6 Å².